The summed E-state index contributed by atoms with van der Waals surface area (Å²) >= 11 is 0. The average molecular weight is 427 g/mol. The Balaban J connectivity index is 0.00000121. The van der Waals surface area contributed by atoms with Crippen molar-refractivity contribution in [3.05, 3.63) is 65.7 Å². The van der Waals surface area contributed by atoms with Crippen molar-refractivity contribution in [3.8, 4) is 0 Å². The van der Waals surface area contributed by atoms with Crippen molar-refractivity contribution >= 4 is 28.2 Å². The minimum atomic E-state index is -0.0621. The molecule has 5 radical (unpaired) electrons. The summed E-state index contributed by atoms with van der Waals surface area (Å²) in [5.41, 5.74) is 3.80. The topological polar surface area (TPSA) is 15.3 Å². The van der Waals surface area contributed by atoms with Gasteiger partial charge in [0.1, 0.15) is 0 Å². The fourth-order valence-corrected chi connectivity index (χ4v) is 4.41. The van der Waals surface area contributed by atoms with Crippen molar-refractivity contribution in [2.24, 2.45) is 0 Å². The molecule has 0 aliphatic carbocycles. The molecule has 2 atom stereocenters. The van der Waals surface area contributed by atoms with Gasteiger partial charge in [-0.05, 0) is 55.7 Å². The van der Waals surface area contributed by atoms with Gasteiger partial charge < -0.3 is 10.2 Å². The maximum Gasteiger partial charge on any atom is 0.0960 e. The molecule has 2 unspecified atom stereocenters. The van der Waals surface area contributed by atoms with Crippen LogP contribution in [0.3, 0.4) is 0 Å². The van der Waals surface area contributed by atoms with Crippen LogP contribution in [0, 0.1) is 0 Å². The lowest BCUT2D eigenvalue weighted by atomic mass is 9.49. The highest BCUT2D eigenvalue weighted by Crippen LogP contribution is 2.27. The first kappa shape index (κ1) is 28.6. The second kappa shape index (κ2) is 17.1. The van der Waals surface area contributed by atoms with Crippen LogP contribution in [0.15, 0.2) is 54.6 Å². The molecule has 2 aromatic rings. The van der Waals surface area contributed by atoms with Crippen LogP contribution in [0.25, 0.3) is 0 Å². The molecule has 1 aliphatic heterocycles. The van der Waals surface area contributed by atoms with Gasteiger partial charge in [-0.1, -0.05) is 100 Å². The molecule has 1 heterocycles. The maximum atomic E-state index is 6.51. The van der Waals surface area contributed by atoms with Crippen LogP contribution in [0.4, 0.5) is 0 Å². The fourth-order valence-electron chi connectivity index (χ4n) is 4.41. The number of piperidine rings is 1. The number of nitrogens with zero attached hydrogens (tertiary/aromatic N) is 1. The van der Waals surface area contributed by atoms with Crippen LogP contribution in [0.5, 0.6) is 0 Å². The Morgan fingerprint density at radius 3 is 2.16 bits per heavy atom. The summed E-state index contributed by atoms with van der Waals surface area (Å²) < 4.78 is 0. The third-order valence-corrected chi connectivity index (χ3v) is 6.11. The van der Waals surface area contributed by atoms with Crippen molar-refractivity contribution in [1.82, 2.24) is 10.2 Å². The predicted molar refractivity (Wildman–Crippen MR) is 146 cm³/mol. The van der Waals surface area contributed by atoms with Gasteiger partial charge in [0, 0.05) is 20.8 Å². The summed E-state index contributed by atoms with van der Waals surface area (Å²) in [4.78, 5) is 2.56. The smallest absolute Gasteiger partial charge is 0.0960 e. The summed E-state index contributed by atoms with van der Waals surface area (Å²) in [5, 5.41) is 3.56. The van der Waals surface area contributed by atoms with Crippen LogP contribution < -0.4 is 10.8 Å². The number of likely N-dealkylation sites (tertiary alicyclic amines) is 1. The lowest BCUT2D eigenvalue weighted by Crippen LogP contribution is -2.43. The monoisotopic (exact) mass is 427 g/mol. The SMILES string of the molecule is CC.CC.[B][B]c1ccccc1C(CC)C([B])NCCN1CCC(c2ccccc2)CC1. The molecule has 1 fully saturated rings. The van der Waals surface area contributed by atoms with E-state index in [0.29, 0.717) is 5.92 Å². The molecule has 1 N–H and O–H groups in total. The summed E-state index contributed by atoms with van der Waals surface area (Å²) in [7, 11) is 14.0. The van der Waals surface area contributed by atoms with E-state index in [1.165, 1.54) is 37.1 Å². The predicted octanol–water partition coefficient (Wildman–Crippen LogP) is 4.61. The molecule has 0 amide bonds. The van der Waals surface area contributed by atoms with Crippen LogP contribution in [-0.4, -0.2) is 59.8 Å². The van der Waals surface area contributed by atoms with E-state index < -0.39 is 0 Å². The Labute approximate surface area is 202 Å². The Hall–Kier alpha value is -1.45. The van der Waals surface area contributed by atoms with E-state index in [1.54, 1.807) is 7.17 Å². The van der Waals surface area contributed by atoms with Gasteiger partial charge >= 0.3 is 0 Å². The number of benzene rings is 2. The number of hydrogen-bond donors (Lipinski definition) is 1. The lowest BCUT2D eigenvalue weighted by molar-refractivity contribution is 0.211. The first-order valence-electron chi connectivity index (χ1n) is 12.6. The van der Waals surface area contributed by atoms with E-state index in [-0.39, 0.29) is 11.9 Å². The largest absolute Gasteiger partial charge is 0.321 e. The first-order valence-corrected chi connectivity index (χ1v) is 12.6. The first-order chi connectivity index (χ1) is 15.7. The van der Waals surface area contributed by atoms with Gasteiger partial charge in [0.15, 0.2) is 0 Å². The minimum Gasteiger partial charge on any atom is -0.321 e. The zero-order chi connectivity index (χ0) is 23.8. The average Bonchev–Trinajstić information content (AvgIpc) is 2.88. The summed E-state index contributed by atoms with van der Waals surface area (Å²) in [6.45, 7) is 14.5. The lowest BCUT2D eigenvalue weighted by Gasteiger charge is -2.33. The molecule has 2 aromatic carbocycles. The van der Waals surface area contributed by atoms with Crippen molar-refractivity contribution < 1.29 is 0 Å². The van der Waals surface area contributed by atoms with E-state index in [4.69, 9.17) is 15.6 Å². The van der Waals surface area contributed by atoms with Crippen LogP contribution in [-0.2, 0) is 0 Å². The maximum absolute atomic E-state index is 6.51. The third-order valence-electron chi connectivity index (χ3n) is 6.11. The van der Waals surface area contributed by atoms with Gasteiger partial charge in [-0.25, -0.2) is 0 Å². The van der Waals surface area contributed by atoms with Crippen molar-refractivity contribution in [1.29, 1.82) is 0 Å². The molecule has 169 valence electrons. The Kier molecular flexibility index (Phi) is 15.3. The van der Waals surface area contributed by atoms with Crippen LogP contribution >= 0.6 is 0 Å². The standard InChI is InChI=1S/C23H30B3N2.2C2H6/c1-2-20(21-10-6-7-11-22(21)26-25)23(24)27-14-17-28-15-12-19(13-16-28)18-8-4-3-5-9-18;2*1-2/h3-11,19-20,23,27H,2,12-17H2,1H3;2*1-2H3. The molecule has 1 aliphatic rings. The molecule has 2 nitrogen and oxygen atoms in total. The second-order valence-corrected chi connectivity index (χ2v) is 7.82. The molecule has 5 heteroatoms. The van der Waals surface area contributed by atoms with Gasteiger partial charge in [0.2, 0.25) is 0 Å². The van der Waals surface area contributed by atoms with E-state index in [2.05, 4.69) is 65.7 Å². The fraction of sp³-hybridized carbons (Fsp3) is 0.556. The van der Waals surface area contributed by atoms with E-state index in [0.717, 1.165) is 25.0 Å². The zero-order valence-corrected chi connectivity index (χ0v) is 21.1. The highest BCUT2D eigenvalue weighted by atomic mass is 15.1. The van der Waals surface area contributed by atoms with Crippen molar-refractivity contribution in [2.75, 3.05) is 26.2 Å². The Bertz CT molecular complexity index is 703. The molecule has 0 saturated carbocycles. The molecule has 3 rings (SSSR count). The second-order valence-electron chi connectivity index (χ2n) is 7.82. The Morgan fingerprint density at radius 2 is 1.56 bits per heavy atom. The quantitative estimate of drug-likeness (QED) is 0.589. The van der Waals surface area contributed by atoms with Crippen LogP contribution in [0.2, 0.25) is 0 Å². The molecule has 32 heavy (non-hydrogen) atoms. The number of hydrogen-bond acceptors (Lipinski definition) is 2. The van der Waals surface area contributed by atoms with Gasteiger partial charge in [-0.2, -0.15) is 0 Å². The van der Waals surface area contributed by atoms with Gasteiger partial charge in [0.05, 0.1) is 15.0 Å². The summed E-state index contributed by atoms with van der Waals surface area (Å²) in [6.07, 6.45) is 3.47. The zero-order valence-electron chi connectivity index (χ0n) is 21.1. The highest BCUT2D eigenvalue weighted by molar-refractivity contribution is 6.97. The summed E-state index contributed by atoms with van der Waals surface area (Å²) in [6, 6.07) is 19.2. The molecule has 1 saturated heterocycles. The van der Waals surface area contributed by atoms with Crippen molar-refractivity contribution in [3.63, 3.8) is 0 Å². The third kappa shape index (κ3) is 8.83. The number of rotatable bonds is 9. The van der Waals surface area contributed by atoms with Gasteiger partial charge in [0.25, 0.3) is 0 Å². The van der Waals surface area contributed by atoms with E-state index >= 15 is 0 Å². The number of nitrogens with one attached hydrogen (secondary N) is 1. The van der Waals surface area contributed by atoms with Crippen LogP contribution in [0.1, 0.15) is 76.8 Å². The molecule has 0 bridgehead atoms. The molecular weight excluding hydrogens is 385 g/mol. The Morgan fingerprint density at radius 1 is 0.969 bits per heavy atom. The van der Waals surface area contributed by atoms with Gasteiger partial charge in [-0.3, -0.25) is 0 Å². The van der Waals surface area contributed by atoms with Gasteiger partial charge in [-0.15, -0.1) is 0 Å². The molecule has 0 aromatic heterocycles. The summed E-state index contributed by atoms with van der Waals surface area (Å²) in [5.74, 6) is 0.911. The highest BCUT2D eigenvalue weighted by Gasteiger charge is 2.21. The van der Waals surface area contributed by atoms with E-state index in [1.807, 2.05) is 33.8 Å². The minimum absolute atomic E-state index is 0.0621. The normalized spacial score (nSPS) is 16.0. The van der Waals surface area contributed by atoms with E-state index in [9.17, 15) is 0 Å². The molecule has 0 spiro atoms. The van der Waals surface area contributed by atoms with Crippen molar-refractivity contribution in [2.45, 2.75) is 71.7 Å². The molecular formula is C27H42B3N2.